The topological polar surface area (TPSA) is 252 Å². The maximum Gasteiger partial charge on any atom is 1.00 e. The van der Waals surface area contributed by atoms with E-state index >= 15 is 0 Å². The van der Waals surface area contributed by atoms with E-state index in [-0.39, 0.29) is 93.7 Å². The molecule has 0 saturated heterocycles. The van der Waals surface area contributed by atoms with Crippen molar-refractivity contribution in [2.75, 3.05) is 54.6 Å². The van der Waals surface area contributed by atoms with Gasteiger partial charge in [0.15, 0.2) is 5.71 Å². The molecule has 0 unspecified atom stereocenters. The molecule has 5 rings (SSSR count). The molecular weight excluding hydrogens is 1080 g/mol. The van der Waals surface area contributed by atoms with Crippen LogP contribution >= 0.6 is 35.8 Å². The van der Waals surface area contributed by atoms with Gasteiger partial charge < -0.3 is 14.7 Å². The van der Waals surface area contributed by atoms with Crippen LogP contribution in [0.2, 0.25) is 0 Å². The van der Waals surface area contributed by atoms with Crippen LogP contribution in [0.25, 0.3) is 0 Å². The fourth-order valence-electron chi connectivity index (χ4n) is 8.94. The first-order chi connectivity index (χ1) is 33.1. The average molecular weight is 1140 g/mol. The number of carbonyl (C=O) groups excluding carboxylic acids is 1. The molecule has 1 aliphatic carbocycles. The predicted molar refractivity (Wildman–Crippen MR) is 274 cm³/mol. The van der Waals surface area contributed by atoms with Gasteiger partial charge in [0.25, 0.3) is 10.1 Å². The van der Waals surface area contributed by atoms with Gasteiger partial charge in [0, 0.05) is 112 Å². The molecule has 0 atom stereocenters. The summed E-state index contributed by atoms with van der Waals surface area (Å²) >= 11 is 2.97. The molecule has 2 N–H and O–H groups in total. The zero-order chi connectivity index (χ0) is 52.6. The number of nitrogens with zero attached hydrogens (tertiary/aromatic N) is 3. The van der Waals surface area contributed by atoms with Crippen LogP contribution in [0.5, 0.6) is 0 Å². The summed E-state index contributed by atoms with van der Waals surface area (Å²) in [7, 11) is -11.2. The van der Waals surface area contributed by atoms with Crippen LogP contribution < -0.4 is 61.5 Å². The minimum absolute atomic E-state index is 0. The van der Waals surface area contributed by atoms with Gasteiger partial charge in [-0.2, -0.15) is 17.3 Å². The summed E-state index contributed by atoms with van der Waals surface area (Å²) < 4.78 is 109. The molecule has 25 heteroatoms. The second-order valence-corrected chi connectivity index (χ2v) is 27.3. The summed E-state index contributed by atoms with van der Waals surface area (Å²) in [4.78, 5) is 16.2. The van der Waals surface area contributed by atoms with Crippen molar-refractivity contribution in [3.05, 3.63) is 93.6 Å². The van der Waals surface area contributed by atoms with Crippen molar-refractivity contribution in [3.8, 4) is 0 Å². The third-order valence-corrected chi connectivity index (χ3v) is 18.7. The maximum absolute atomic E-state index is 14.0. The first-order valence-electron chi connectivity index (χ1n) is 22.9. The maximum atomic E-state index is 14.0. The van der Waals surface area contributed by atoms with Crippen LogP contribution in [0.15, 0.2) is 92.2 Å². The summed E-state index contributed by atoms with van der Waals surface area (Å²) in [6.07, 6.45) is 11.2. The number of allylic oxidation sites excluding steroid dienone is 7. The number of benzene rings is 2. The van der Waals surface area contributed by atoms with Crippen molar-refractivity contribution in [2.45, 2.75) is 114 Å². The van der Waals surface area contributed by atoms with Crippen molar-refractivity contribution < 1.29 is 124 Å². The van der Waals surface area contributed by atoms with E-state index in [2.05, 4.69) is 23.6 Å². The van der Waals surface area contributed by atoms with Gasteiger partial charge in [-0.15, -0.1) is 16.1 Å². The van der Waals surface area contributed by atoms with E-state index in [1.807, 2.05) is 89.5 Å². The molecular formula is C47H64KN3O15S6. The standard InChI is InChI=1S/C47H65N3O15S6.K/c1-45(2,3)43(51)15-10-24-48(8)71(60,61)36-19-21-40-38(32-36)47(6,7)42(49(40)25-11-27-67-64-62-52)23-17-34-14-9-13-33(44(34)66-28-30-70(57,58)59)16-22-41-46(4,5)37-31-35(68-65-63-53)18-20-39(37)50(41)26-12-29-69(54,55)56;/h16-23,31-32H,9-15,24-30H2,1-8H3,(H3-,52,53,54,55,56,57,58,59);/q;+1/p-1. The zero-order valence-corrected chi connectivity index (χ0v) is 50.2. The SMILES string of the molecule is CN(CCCC(=O)C(C)(C)C)S(=O)(=O)c1ccc2c(c1)C(C)(C)/C(=C\C=C1/CCCC(/C=C/C3=[N+](CCCS(=O)(=O)[O-])c4ccc(SOO[O-])cc4C3(C)C)=C1SCCS(=O)(=O)O)N2CCCSOOO.[K+]. The number of rotatable bonds is 26. The average Bonchev–Trinajstić information content (AvgIpc) is 3.62. The van der Waals surface area contributed by atoms with Gasteiger partial charge in [0.2, 0.25) is 15.7 Å². The largest absolute Gasteiger partial charge is 1.00 e. The van der Waals surface area contributed by atoms with Crippen molar-refractivity contribution in [1.82, 2.24) is 4.31 Å². The van der Waals surface area contributed by atoms with E-state index in [1.54, 1.807) is 24.3 Å². The molecule has 0 spiro atoms. The van der Waals surface area contributed by atoms with Crippen LogP contribution in [-0.2, 0) is 64.6 Å². The van der Waals surface area contributed by atoms with E-state index in [4.69, 9.17) is 5.26 Å². The van der Waals surface area contributed by atoms with E-state index in [1.165, 1.54) is 23.1 Å². The van der Waals surface area contributed by atoms with Gasteiger partial charge in [0.05, 0.1) is 38.2 Å². The van der Waals surface area contributed by atoms with Crippen molar-refractivity contribution in [3.63, 3.8) is 0 Å². The molecule has 0 fully saturated rings. The number of hydrogen-bond donors (Lipinski definition) is 2. The number of anilines is 1. The minimum Gasteiger partial charge on any atom is -0.748 e. The van der Waals surface area contributed by atoms with E-state index in [9.17, 15) is 44.4 Å². The third-order valence-electron chi connectivity index (χ3n) is 12.7. The Morgan fingerprint density at radius 1 is 0.917 bits per heavy atom. The predicted octanol–water partition coefficient (Wildman–Crippen LogP) is 4.93. The van der Waals surface area contributed by atoms with Gasteiger partial charge in [-0.25, -0.2) is 26.4 Å². The van der Waals surface area contributed by atoms with Crippen molar-refractivity contribution >= 4 is 89.0 Å². The van der Waals surface area contributed by atoms with Crippen LogP contribution in [0.3, 0.4) is 0 Å². The molecule has 2 aliphatic heterocycles. The number of sulfonamides is 1. The molecule has 394 valence electrons. The Morgan fingerprint density at radius 2 is 1.64 bits per heavy atom. The number of hydrogen-bond acceptors (Lipinski definition) is 18. The van der Waals surface area contributed by atoms with E-state index in [0.29, 0.717) is 42.9 Å². The molecule has 72 heavy (non-hydrogen) atoms. The summed E-state index contributed by atoms with van der Waals surface area (Å²) in [5, 5.41) is 26.6. The quantitative estimate of drug-likeness (QED) is 0.0241. The molecule has 0 amide bonds. The Balaban J connectivity index is 0.0000112. The van der Waals surface area contributed by atoms with Gasteiger partial charge in [0.1, 0.15) is 12.3 Å². The number of fused-ring (bicyclic) bond motifs is 2. The zero-order valence-electron chi connectivity index (χ0n) is 42.2. The number of ketones is 1. The third kappa shape index (κ3) is 16.6. The second kappa shape index (κ2) is 26.9. The van der Waals surface area contributed by atoms with Crippen LogP contribution in [0.4, 0.5) is 11.4 Å². The molecule has 2 aromatic rings. The molecule has 0 bridgehead atoms. The summed E-state index contributed by atoms with van der Waals surface area (Å²) in [6.45, 7) is 14.4. The Hall–Kier alpha value is -1.28. The fraction of sp³-hybridized carbons (Fsp3) is 0.532. The smallest absolute Gasteiger partial charge is 0.748 e. The molecule has 18 nitrogen and oxygen atoms in total. The fourth-order valence-corrected chi connectivity index (χ4v) is 13.5. The van der Waals surface area contributed by atoms with Crippen molar-refractivity contribution in [1.29, 1.82) is 0 Å². The Labute approximate surface area is 480 Å². The molecule has 0 aromatic heterocycles. The van der Waals surface area contributed by atoms with Gasteiger partial charge in [-0.1, -0.05) is 51.8 Å². The van der Waals surface area contributed by atoms with Gasteiger partial charge in [-0.3, -0.25) is 14.4 Å². The summed E-state index contributed by atoms with van der Waals surface area (Å²) in [6, 6.07) is 10.5. The van der Waals surface area contributed by atoms with Crippen LogP contribution in [0, 0.1) is 5.41 Å². The summed E-state index contributed by atoms with van der Waals surface area (Å²) in [5.41, 5.74) is 4.75. The molecule has 3 aliphatic rings. The molecule has 0 saturated carbocycles. The van der Waals surface area contributed by atoms with Crippen molar-refractivity contribution in [2.24, 2.45) is 5.41 Å². The normalized spacial score (nSPS) is 18.2. The van der Waals surface area contributed by atoms with Gasteiger partial charge in [-0.05, 0) is 99.1 Å². The number of carbonyl (C=O) groups is 1. The molecule has 0 radical (unpaired) electrons. The molecule has 2 heterocycles. The second-order valence-electron chi connectivity index (χ2n) is 19.5. The summed E-state index contributed by atoms with van der Waals surface area (Å²) in [5.74, 6) is -0.493. The Kier molecular flexibility index (Phi) is 23.6. The van der Waals surface area contributed by atoms with E-state index < -0.39 is 58.0 Å². The van der Waals surface area contributed by atoms with Crippen LogP contribution in [0.1, 0.15) is 105 Å². The molecule has 2 aromatic carbocycles. The van der Waals surface area contributed by atoms with E-state index in [0.717, 1.165) is 80.5 Å². The Morgan fingerprint density at radius 3 is 2.29 bits per heavy atom. The minimum atomic E-state index is -4.49. The van der Waals surface area contributed by atoms with Crippen LogP contribution in [-0.4, -0.2) is 110 Å². The van der Waals surface area contributed by atoms with Gasteiger partial charge >= 0.3 is 51.4 Å². The Bertz CT molecular complexity index is 2790. The monoisotopic (exact) mass is 1140 g/mol. The first kappa shape index (κ1) is 63.3. The number of Topliss-reactive ketones (excluding diaryl/α,β-unsaturated/α-hetero) is 1. The number of thioether (sulfide) groups is 1. The first-order valence-corrected chi connectivity index (χ1v) is 30.2.